The Morgan fingerprint density at radius 1 is 1.11 bits per heavy atom. The van der Waals surface area contributed by atoms with E-state index in [0.717, 1.165) is 30.6 Å². The molecule has 0 radical (unpaired) electrons. The van der Waals surface area contributed by atoms with Gasteiger partial charge >= 0.3 is 0 Å². The molecular formula is C23H28N2O3. The molecule has 0 aliphatic carbocycles. The molecule has 148 valence electrons. The van der Waals surface area contributed by atoms with E-state index in [2.05, 4.69) is 5.32 Å². The molecule has 28 heavy (non-hydrogen) atoms. The van der Waals surface area contributed by atoms with Crippen LogP contribution < -0.4 is 10.1 Å². The second-order valence-corrected chi connectivity index (χ2v) is 7.30. The van der Waals surface area contributed by atoms with Crippen LogP contribution >= 0.6 is 0 Å². The van der Waals surface area contributed by atoms with Crippen LogP contribution in [0.15, 0.2) is 48.5 Å². The van der Waals surface area contributed by atoms with Crippen molar-refractivity contribution >= 4 is 11.8 Å². The van der Waals surface area contributed by atoms with Crippen LogP contribution in [0.25, 0.3) is 0 Å². The number of aryl methyl sites for hydroxylation is 2. The lowest BCUT2D eigenvalue weighted by Crippen LogP contribution is -2.46. The number of hydrogen-bond acceptors (Lipinski definition) is 3. The summed E-state index contributed by atoms with van der Waals surface area (Å²) in [5.41, 5.74) is 2.83. The lowest BCUT2D eigenvalue weighted by molar-refractivity contribution is -0.122. The molecule has 1 heterocycles. The fraction of sp³-hybridized carbons (Fsp3) is 0.391. The van der Waals surface area contributed by atoms with E-state index in [9.17, 15) is 9.59 Å². The fourth-order valence-corrected chi connectivity index (χ4v) is 3.56. The van der Waals surface area contributed by atoms with Crippen LogP contribution in [-0.2, 0) is 11.2 Å². The minimum absolute atomic E-state index is 0.0205. The molecule has 1 aliphatic heterocycles. The van der Waals surface area contributed by atoms with Crippen molar-refractivity contribution in [1.82, 2.24) is 10.2 Å². The van der Waals surface area contributed by atoms with Crippen molar-refractivity contribution < 1.29 is 14.3 Å². The zero-order valence-corrected chi connectivity index (χ0v) is 16.6. The zero-order chi connectivity index (χ0) is 19.9. The Bertz CT molecular complexity index is 812. The molecule has 0 spiro atoms. The van der Waals surface area contributed by atoms with Gasteiger partial charge in [-0.25, -0.2) is 0 Å². The van der Waals surface area contributed by atoms with Crippen LogP contribution in [-0.4, -0.2) is 43.0 Å². The molecule has 1 fully saturated rings. The van der Waals surface area contributed by atoms with E-state index in [1.54, 1.807) is 13.2 Å². The number of methoxy groups -OCH3 is 1. The SMILES string of the molecule is COc1cc(C(=O)N2CCC(NC(=O)CCc3ccccc3)CC2)ccc1C. The van der Waals surface area contributed by atoms with E-state index in [1.165, 1.54) is 5.56 Å². The highest BCUT2D eigenvalue weighted by Gasteiger charge is 2.25. The standard InChI is InChI=1S/C23H28N2O3/c1-17-8-10-19(16-21(17)28-2)23(27)25-14-12-20(13-15-25)24-22(26)11-9-18-6-4-3-5-7-18/h3-8,10,16,20H,9,11-15H2,1-2H3,(H,24,26). The predicted molar refractivity (Wildman–Crippen MR) is 110 cm³/mol. The largest absolute Gasteiger partial charge is 0.496 e. The highest BCUT2D eigenvalue weighted by Crippen LogP contribution is 2.21. The molecule has 0 atom stereocenters. The number of rotatable bonds is 6. The predicted octanol–water partition coefficient (Wildman–Crippen LogP) is 3.36. The van der Waals surface area contributed by atoms with Gasteiger partial charge in [-0.2, -0.15) is 0 Å². The van der Waals surface area contributed by atoms with E-state index in [1.807, 2.05) is 54.3 Å². The minimum Gasteiger partial charge on any atom is -0.496 e. The Labute approximate surface area is 166 Å². The summed E-state index contributed by atoms with van der Waals surface area (Å²) in [6.07, 6.45) is 2.81. The molecule has 5 nitrogen and oxygen atoms in total. The van der Waals surface area contributed by atoms with Crippen molar-refractivity contribution in [3.63, 3.8) is 0 Å². The van der Waals surface area contributed by atoms with Gasteiger partial charge in [0.05, 0.1) is 7.11 Å². The Morgan fingerprint density at radius 2 is 1.82 bits per heavy atom. The van der Waals surface area contributed by atoms with Gasteiger partial charge < -0.3 is 15.0 Å². The van der Waals surface area contributed by atoms with Crippen molar-refractivity contribution in [3.8, 4) is 5.75 Å². The van der Waals surface area contributed by atoms with Crippen LogP contribution in [0, 0.1) is 6.92 Å². The molecule has 1 saturated heterocycles. The third kappa shape index (κ3) is 5.12. The fourth-order valence-electron chi connectivity index (χ4n) is 3.56. The molecule has 2 aromatic carbocycles. The first kappa shape index (κ1) is 19.9. The van der Waals surface area contributed by atoms with Gasteiger partial charge in [0.15, 0.2) is 0 Å². The van der Waals surface area contributed by atoms with Crippen molar-refractivity contribution in [2.45, 2.75) is 38.6 Å². The maximum absolute atomic E-state index is 12.8. The first-order valence-electron chi connectivity index (χ1n) is 9.84. The third-order valence-electron chi connectivity index (χ3n) is 5.29. The summed E-state index contributed by atoms with van der Waals surface area (Å²) in [5, 5.41) is 3.12. The summed E-state index contributed by atoms with van der Waals surface area (Å²) in [7, 11) is 1.61. The number of likely N-dealkylation sites (tertiary alicyclic amines) is 1. The summed E-state index contributed by atoms with van der Waals surface area (Å²) in [4.78, 5) is 26.8. The molecule has 0 bridgehead atoms. The molecule has 0 aromatic heterocycles. The molecule has 3 rings (SSSR count). The second-order valence-electron chi connectivity index (χ2n) is 7.30. The number of carbonyl (C=O) groups is 2. The van der Waals surface area contributed by atoms with Crippen LogP contribution in [0.3, 0.4) is 0 Å². The van der Waals surface area contributed by atoms with Gasteiger partial charge in [-0.15, -0.1) is 0 Å². The molecule has 2 aromatic rings. The zero-order valence-electron chi connectivity index (χ0n) is 16.6. The lowest BCUT2D eigenvalue weighted by atomic mass is 10.0. The van der Waals surface area contributed by atoms with Gasteiger partial charge in [-0.1, -0.05) is 36.4 Å². The van der Waals surface area contributed by atoms with Gasteiger partial charge in [-0.3, -0.25) is 9.59 Å². The number of nitrogens with one attached hydrogen (secondary N) is 1. The number of ether oxygens (including phenoxy) is 1. The van der Waals surface area contributed by atoms with Gasteiger partial charge in [-0.05, 0) is 49.4 Å². The average Bonchev–Trinajstić information content (AvgIpc) is 2.73. The summed E-state index contributed by atoms with van der Waals surface area (Å²) >= 11 is 0. The number of benzene rings is 2. The highest BCUT2D eigenvalue weighted by molar-refractivity contribution is 5.94. The first-order chi connectivity index (χ1) is 13.6. The van der Waals surface area contributed by atoms with Crippen molar-refractivity contribution in [3.05, 3.63) is 65.2 Å². The monoisotopic (exact) mass is 380 g/mol. The highest BCUT2D eigenvalue weighted by atomic mass is 16.5. The third-order valence-corrected chi connectivity index (χ3v) is 5.29. The van der Waals surface area contributed by atoms with Crippen LogP contribution in [0.5, 0.6) is 5.75 Å². The molecule has 2 amide bonds. The van der Waals surface area contributed by atoms with Gasteiger partial charge in [0.25, 0.3) is 5.91 Å². The number of hydrogen-bond donors (Lipinski definition) is 1. The normalized spacial score (nSPS) is 14.6. The number of nitrogens with zero attached hydrogens (tertiary/aromatic N) is 1. The van der Waals surface area contributed by atoms with Crippen molar-refractivity contribution in [2.24, 2.45) is 0 Å². The molecule has 5 heteroatoms. The summed E-state index contributed by atoms with van der Waals surface area (Å²) in [5.74, 6) is 0.829. The Hall–Kier alpha value is -2.82. The van der Waals surface area contributed by atoms with Gasteiger partial charge in [0.1, 0.15) is 5.75 Å². The molecule has 1 aliphatic rings. The van der Waals surface area contributed by atoms with Crippen molar-refractivity contribution in [2.75, 3.05) is 20.2 Å². The van der Waals surface area contributed by atoms with Crippen LogP contribution in [0.2, 0.25) is 0 Å². The molecule has 0 saturated carbocycles. The summed E-state index contributed by atoms with van der Waals surface area (Å²) in [6.45, 7) is 3.26. The Kier molecular flexibility index (Phi) is 6.69. The second kappa shape index (κ2) is 9.40. The van der Waals surface area contributed by atoms with E-state index < -0.39 is 0 Å². The van der Waals surface area contributed by atoms with E-state index in [4.69, 9.17) is 4.74 Å². The van der Waals surface area contributed by atoms with Crippen molar-refractivity contribution in [1.29, 1.82) is 0 Å². The maximum Gasteiger partial charge on any atom is 0.253 e. The smallest absolute Gasteiger partial charge is 0.253 e. The van der Waals surface area contributed by atoms with Crippen LogP contribution in [0.1, 0.15) is 40.7 Å². The quantitative estimate of drug-likeness (QED) is 0.836. The Balaban J connectivity index is 1.46. The lowest BCUT2D eigenvalue weighted by Gasteiger charge is -2.32. The summed E-state index contributed by atoms with van der Waals surface area (Å²) < 4.78 is 5.32. The van der Waals surface area contributed by atoms with E-state index >= 15 is 0 Å². The minimum atomic E-state index is 0.0205. The van der Waals surface area contributed by atoms with E-state index in [-0.39, 0.29) is 17.9 Å². The number of carbonyl (C=O) groups excluding carboxylic acids is 2. The van der Waals surface area contributed by atoms with Gasteiger partial charge in [0, 0.05) is 31.1 Å². The summed E-state index contributed by atoms with van der Waals surface area (Å²) in [6, 6.07) is 15.7. The molecule has 0 unspecified atom stereocenters. The van der Waals surface area contributed by atoms with Gasteiger partial charge in [0.2, 0.25) is 5.91 Å². The average molecular weight is 380 g/mol. The molecular weight excluding hydrogens is 352 g/mol. The first-order valence-corrected chi connectivity index (χ1v) is 9.84. The molecule has 1 N–H and O–H groups in total. The number of amides is 2. The topological polar surface area (TPSA) is 58.6 Å². The number of piperidine rings is 1. The Morgan fingerprint density at radius 3 is 2.50 bits per heavy atom. The van der Waals surface area contributed by atoms with Crippen LogP contribution in [0.4, 0.5) is 0 Å². The van der Waals surface area contributed by atoms with E-state index in [0.29, 0.717) is 25.1 Å². The maximum atomic E-state index is 12.8.